The zero-order chi connectivity index (χ0) is 40.2. The van der Waals surface area contributed by atoms with Crippen LogP contribution in [0.1, 0.15) is 168 Å². The van der Waals surface area contributed by atoms with E-state index in [2.05, 4.69) is 65.8 Å². The second kappa shape index (κ2) is 25.9. The van der Waals surface area contributed by atoms with E-state index in [1.54, 1.807) is 6.92 Å². The highest BCUT2D eigenvalue weighted by Gasteiger charge is 2.40. The molecule has 7 nitrogen and oxygen atoms in total. The van der Waals surface area contributed by atoms with Crippen LogP contribution in [0.25, 0.3) is 0 Å². The van der Waals surface area contributed by atoms with E-state index >= 15 is 0 Å². The van der Waals surface area contributed by atoms with Gasteiger partial charge in [0.15, 0.2) is 25.0 Å². The van der Waals surface area contributed by atoms with Crippen molar-refractivity contribution in [3.63, 3.8) is 0 Å². The fraction of sp³-hybridized carbons (Fsp3) is 0.955. The van der Waals surface area contributed by atoms with Crippen LogP contribution in [0.5, 0.6) is 0 Å². The zero-order valence-corrected chi connectivity index (χ0v) is 40.4. The van der Waals surface area contributed by atoms with Gasteiger partial charge in [-0.2, -0.15) is 0 Å². The minimum absolute atomic E-state index is 0.00915. The average molecular weight is 813 g/mol. The van der Waals surface area contributed by atoms with E-state index in [-0.39, 0.29) is 54.3 Å². The first kappa shape index (κ1) is 49.8. The van der Waals surface area contributed by atoms with Crippen molar-refractivity contribution in [3.8, 4) is 0 Å². The molecule has 7 atom stereocenters. The van der Waals surface area contributed by atoms with Gasteiger partial charge in [0, 0.05) is 12.5 Å². The summed E-state index contributed by atoms with van der Waals surface area (Å²) in [5, 5.41) is 0. The lowest BCUT2D eigenvalue weighted by Crippen LogP contribution is -2.42. The Labute approximate surface area is 337 Å². The van der Waals surface area contributed by atoms with Gasteiger partial charge in [0.1, 0.15) is 11.9 Å². The normalized spacial score (nSPS) is 22.8. The Morgan fingerprint density at radius 1 is 0.630 bits per heavy atom. The summed E-state index contributed by atoms with van der Waals surface area (Å²) in [5.41, 5.74) is 0. The molecule has 318 valence electrons. The SMILES string of the molecule is CCCCCCCCCCCC[C@@H](O[Si](C)(C)C)[C@H]1CC[C@H]([C@H](CC[C@@H](CCCCCCC[C@@H]2C[C@H](CC(C)=O)C(=O)O2)O[Si](C)(C)C)O[Si](C)(C)C)O1. The average Bonchev–Trinajstić information content (AvgIpc) is 3.67. The number of Topliss-reactive ketones (excluding diaryl/α,β-unsaturated/α-hetero) is 1. The smallest absolute Gasteiger partial charge is 0.309 e. The molecule has 0 aromatic rings. The minimum atomic E-state index is -1.79. The lowest BCUT2D eigenvalue weighted by Gasteiger charge is -2.34. The molecule has 0 aliphatic carbocycles. The molecule has 54 heavy (non-hydrogen) atoms. The number of carbonyl (C=O) groups is 2. The number of carbonyl (C=O) groups excluding carboxylic acids is 2. The molecule has 2 aliphatic rings. The van der Waals surface area contributed by atoms with Crippen molar-refractivity contribution < 1.29 is 32.3 Å². The number of ketones is 1. The van der Waals surface area contributed by atoms with E-state index in [1.807, 2.05) is 0 Å². The third-order valence-electron chi connectivity index (χ3n) is 10.8. The number of hydrogen-bond acceptors (Lipinski definition) is 7. The summed E-state index contributed by atoms with van der Waals surface area (Å²) < 4.78 is 33.1. The highest BCUT2D eigenvalue weighted by molar-refractivity contribution is 6.70. The molecule has 0 N–H and O–H groups in total. The zero-order valence-electron chi connectivity index (χ0n) is 37.4. The molecule has 0 aromatic heterocycles. The quantitative estimate of drug-likeness (QED) is 0.0380. The second-order valence-corrected chi connectivity index (χ2v) is 33.4. The van der Waals surface area contributed by atoms with Crippen LogP contribution >= 0.6 is 0 Å². The molecule has 0 amide bonds. The van der Waals surface area contributed by atoms with Crippen molar-refractivity contribution in [1.29, 1.82) is 0 Å². The fourth-order valence-corrected chi connectivity index (χ4v) is 12.0. The van der Waals surface area contributed by atoms with E-state index in [0.29, 0.717) is 12.8 Å². The Hall–Kier alpha value is -0.369. The predicted octanol–water partition coefficient (Wildman–Crippen LogP) is 12.9. The first-order chi connectivity index (χ1) is 25.3. The summed E-state index contributed by atoms with van der Waals surface area (Å²) in [6.45, 7) is 24.7. The van der Waals surface area contributed by atoms with Gasteiger partial charge in [0.2, 0.25) is 0 Å². The first-order valence-electron chi connectivity index (χ1n) is 22.7. The van der Waals surface area contributed by atoms with Gasteiger partial charge < -0.3 is 27.5 Å². The molecule has 2 saturated heterocycles. The van der Waals surface area contributed by atoms with Crippen molar-refractivity contribution in [2.45, 2.75) is 263 Å². The number of unbranched alkanes of at least 4 members (excludes halogenated alkanes) is 13. The second-order valence-electron chi connectivity index (χ2n) is 20.0. The van der Waals surface area contributed by atoms with Crippen LogP contribution < -0.4 is 0 Å². The van der Waals surface area contributed by atoms with Gasteiger partial charge in [-0.15, -0.1) is 0 Å². The summed E-state index contributed by atoms with van der Waals surface area (Å²) >= 11 is 0. The standard InChI is InChI=1S/C44H88O7Si3/c1-12-13-14-15-16-17-18-19-23-26-29-42(50-53(6,7)8)40-32-33-41(48-40)43(51-54(9,10)11)31-30-38(49-52(3,4)5)27-24-21-20-22-25-28-39-35-37(34-36(2)45)44(46)47-39/h37-43H,12-35H2,1-11H3/t37-,38+,39+,40+,41+,42+,43-/m0/s1. The molecule has 0 bridgehead atoms. The van der Waals surface area contributed by atoms with Crippen LogP contribution in [0.4, 0.5) is 0 Å². The number of rotatable bonds is 32. The van der Waals surface area contributed by atoms with Gasteiger partial charge >= 0.3 is 5.97 Å². The lowest BCUT2D eigenvalue weighted by molar-refractivity contribution is -0.145. The van der Waals surface area contributed by atoms with Crippen molar-refractivity contribution in [1.82, 2.24) is 0 Å². The maximum absolute atomic E-state index is 12.1. The van der Waals surface area contributed by atoms with Gasteiger partial charge in [0.25, 0.3) is 0 Å². The molecule has 2 fully saturated rings. The molecule has 2 heterocycles. The van der Waals surface area contributed by atoms with Crippen LogP contribution in [0.15, 0.2) is 0 Å². The van der Waals surface area contributed by atoms with Crippen LogP contribution in [-0.4, -0.2) is 73.3 Å². The third-order valence-corrected chi connectivity index (χ3v) is 13.9. The Kier molecular flexibility index (Phi) is 23.9. The Balaban J connectivity index is 1.85. The number of cyclic esters (lactones) is 1. The van der Waals surface area contributed by atoms with E-state index in [4.69, 9.17) is 22.8 Å². The highest BCUT2D eigenvalue weighted by atomic mass is 28.4. The molecular weight excluding hydrogens is 725 g/mol. The Bertz CT molecular complexity index is 1020. The van der Waals surface area contributed by atoms with Crippen LogP contribution in [-0.2, 0) is 32.3 Å². The Morgan fingerprint density at radius 2 is 1.09 bits per heavy atom. The van der Waals surface area contributed by atoms with Gasteiger partial charge in [-0.25, -0.2) is 0 Å². The molecule has 2 aliphatic heterocycles. The van der Waals surface area contributed by atoms with Gasteiger partial charge in [0.05, 0.1) is 30.3 Å². The molecule has 0 radical (unpaired) electrons. The van der Waals surface area contributed by atoms with E-state index in [1.165, 1.54) is 83.5 Å². The van der Waals surface area contributed by atoms with Crippen LogP contribution in [0.3, 0.4) is 0 Å². The summed E-state index contributed by atoms with van der Waals surface area (Å²) in [6.07, 6.45) is 28.5. The monoisotopic (exact) mass is 813 g/mol. The van der Waals surface area contributed by atoms with E-state index < -0.39 is 25.0 Å². The van der Waals surface area contributed by atoms with Gasteiger partial charge in [-0.05, 0) is 124 Å². The maximum Gasteiger partial charge on any atom is 0.309 e. The molecule has 0 unspecified atom stereocenters. The first-order valence-corrected chi connectivity index (χ1v) is 33.0. The minimum Gasteiger partial charge on any atom is -0.462 e. The van der Waals surface area contributed by atoms with Crippen molar-refractivity contribution in [2.24, 2.45) is 5.92 Å². The summed E-state index contributed by atoms with van der Waals surface area (Å²) in [5.74, 6) is -0.340. The van der Waals surface area contributed by atoms with Crippen LogP contribution in [0.2, 0.25) is 58.9 Å². The molecule has 10 heteroatoms. The van der Waals surface area contributed by atoms with E-state index in [0.717, 1.165) is 57.8 Å². The largest absolute Gasteiger partial charge is 0.462 e. The van der Waals surface area contributed by atoms with Gasteiger partial charge in [-0.1, -0.05) is 96.8 Å². The number of esters is 1. The summed E-state index contributed by atoms with van der Waals surface area (Å²) in [4.78, 5) is 23.5. The summed E-state index contributed by atoms with van der Waals surface area (Å²) in [7, 11) is -5.21. The van der Waals surface area contributed by atoms with Crippen LogP contribution in [0, 0.1) is 5.92 Å². The lowest BCUT2D eigenvalue weighted by atomic mass is 9.96. The van der Waals surface area contributed by atoms with Crippen molar-refractivity contribution in [3.05, 3.63) is 0 Å². The predicted molar refractivity (Wildman–Crippen MR) is 234 cm³/mol. The maximum atomic E-state index is 12.1. The highest BCUT2D eigenvalue weighted by Crippen LogP contribution is 2.34. The topological polar surface area (TPSA) is 80.3 Å². The molecule has 2 rings (SSSR count). The number of hydrogen-bond donors (Lipinski definition) is 0. The van der Waals surface area contributed by atoms with E-state index in [9.17, 15) is 9.59 Å². The van der Waals surface area contributed by atoms with Crippen molar-refractivity contribution in [2.75, 3.05) is 0 Å². The molecule has 0 saturated carbocycles. The third kappa shape index (κ3) is 23.8. The van der Waals surface area contributed by atoms with Crippen molar-refractivity contribution >= 4 is 36.7 Å². The molecule has 0 spiro atoms. The summed E-state index contributed by atoms with van der Waals surface area (Å²) in [6, 6.07) is 0. The fourth-order valence-electron chi connectivity index (χ4n) is 8.42. The molecule has 0 aromatic carbocycles. The molecular formula is C44H88O7Si3. The Morgan fingerprint density at radius 3 is 1.59 bits per heavy atom. The van der Waals surface area contributed by atoms with Gasteiger partial charge in [-0.3, -0.25) is 4.79 Å². The number of ether oxygens (including phenoxy) is 2.